The standard InChI is InChI=1S/C11H17NO4/c1-2-16-8-9-4-3-7-12(9)10(13)5-6-11(14)15/h5-6,9H,2-4,7-8H2,1H3,(H,14,15)/b6-5+/t9-/m0/s1. The Morgan fingerprint density at radius 3 is 2.88 bits per heavy atom. The van der Waals surface area contributed by atoms with Crippen LogP contribution in [0.1, 0.15) is 19.8 Å². The van der Waals surface area contributed by atoms with Crippen molar-refractivity contribution in [3.63, 3.8) is 0 Å². The second-order valence-electron chi connectivity index (χ2n) is 3.66. The van der Waals surface area contributed by atoms with E-state index in [1.165, 1.54) is 0 Å². The molecule has 0 radical (unpaired) electrons. The molecule has 1 N–H and O–H groups in total. The van der Waals surface area contributed by atoms with Gasteiger partial charge in [-0.2, -0.15) is 0 Å². The van der Waals surface area contributed by atoms with Crippen LogP contribution in [-0.2, 0) is 14.3 Å². The van der Waals surface area contributed by atoms with Crippen LogP contribution in [0.3, 0.4) is 0 Å². The Hall–Kier alpha value is -1.36. The molecule has 1 fully saturated rings. The van der Waals surface area contributed by atoms with Crippen molar-refractivity contribution in [3.8, 4) is 0 Å². The lowest BCUT2D eigenvalue weighted by Gasteiger charge is -2.22. The third-order valence-electron chi connectivity index (χ3n) is 2.54. The quantitative estimate of drug-likeness (QED) is 0.700. The summed E-state index contributed by atoms with van der Waals surface area (Å²) in [6.07, 6.45) is 3.85. The molecule has 1 aliphatic rings. The van der Waals surface area contributed by atoms with Crippen molar-refractivity contribution in [3.05, 3.63) is 12.2 Å². The molecule has 1 heterocycles. The molecule has 1 aliphatic heterocycles. The molecule has 0 bridgehead atoms. The van der Waals surface area contributed by atoms with Gasteiger partial charge < -0.3 is 14.7 Å². The summed E-state index contributed by atoms with van der Waals surface area (Å²) < 4.78 is 5.29. The van der Waals surface area contributed by atoms with Crippen molar-refractivity contribution in [2.75, 3.05) is 19.8 Å². The molecule has 0 aromatic heterocycles. The first-order valence-corrected chi connectivity index (χ1v) is 5.44. The van der Waals surface area contributed by atoms with Crippen molar-refractivity contribution >= 4 is 11.9 Å². The molecular formula is C11H17NO4. The van der Waals surface area contributed by atoms with Crippen LogP contribution in [0, 0.1) is 0 Å². The van der Waals surface area contributed by atoms with E-state index in [0.29, 0.717) is 19.8 Å². The molecule has 5 nitrogen and oxygen atoms in total. The van der Waals surface area contributed by atoms with Crippen molar-refractivity contribution < 1.29 is 19.4 Å². The smallest absolute Gasteiger partial charge is 0.328 e. The number of carbonyl (C=O) groups is 2. The lowest BCUT2D eigenvalue weighted by Crippen LogP contribution is -2.37. The van der Waals surface area contributed by atoms with Gasteiger partial charge >= 0.3 is 5.97 Å². The minimum absolute atomic E-state index is 0.0888. The van der Waals surface area contributed by atoms with E-state index in [2.05, 4.69) is 0 Å². The molecule has 90 valence electrons. The van der Waals surface area contributed by atoms with E-state index >= 15 is 0 Å². The highest BCUT2D eigenvalue weighted by atomic mass is 16.5. The van der Waals surface area contributed by atoms with E-state index in [1.807, 2.05) is 6.92 Å². The van der Waals surface area contributed by atoms with Gasteiger partial charge in [0.05, 0.1) is 12.6 Å². The van der Waals surface area contributed by atoms with Gasteiger partial charge in [0.2, 0.25) is 5.91 Å². The van der Waals surface area contributed by atoms with Crippen molar-refractivity contribution in [1.82, 2.24) is 4.90 Å². The summed E-state index contributed by atoms with van der Waals surface area (Å²) in [5.41, 5.74) is 0. The van der Waals surface area contributed by atoms with Crippen LogP contribution in [0.5, 0.6) is 0 Å². The molecule has 1 amide bonds. The van der Waals surface area contributed by atoms with E-state index in [4.69, 9.17) is 9.84 Å². The Morgan fingerprint density at radius 2 is 2.25 bits per heavy atom. The summed E-state index contributed by atoms with van der Waals surface area (Å²) in [7, 11) is 0. The third-order valence-corrected chi connectivity index (χ3v) is 2.54. The molecule has 1 atom stereocenters. The van der Waals surface area contributed by atoms with Crippen LogP contribution < -0.4 is 0 Å². The lowest BCUT2D eigenvalue weighted by molar-refractivity contribution is -0.132. The van der Waals surface area contributed by atoms with Gasteiger partial charge in [-0.1, -0.05) is 0 Å². The number of carbonyl (C=O) groups excluding carboxylic acids is 1. The highest BCUT2D eigenvalue weighted by molar-refractivity contribution is 5.94. The molecule has 0 aromatic carbocycles. The van der Waals surface area contributed by atoms with E-state index in [9.17, 15) is 9.59 Å². The van der Waals surface area contributed by atoms with Crippen LogP contribution in [0.4, 0.5) is 0 Å². The van der Waals surface area contributed by atoms with E-state index < -0.39 is 5.97 Å². The van der Waals surface area contributed by atoms with Gasteiger partial charge in [-0.05, 0) is 19.8 Å². The second-order valence-corrected chi connectivity index (χ2v) is 3.66. The van der Waals surface area contributed by atoms with Gasteiger partial charge in [0.15, 0.2) is 0 Å². The average molecular weight is 227 g/mol. The van der Waals surface area contributed by atoms with Gasteiger partial charge in [-0.25, -0.2) is 4.79 Å². The van der Waals surface area contributed by atoms with Crippen LogP contribution in [0.2, 0.25) is 0 Å². The van der Waals surface area contributed by atoms with Crippen molar-refractivity contribution in [1.29, 1.82) is 0 Å². The Morgan fingerprint density at radius 1 is 1.50 bits per heavy atom. The summed E-state index contributed by atoms with van der Waals surface area (Å²) in [5.74, 6) is -1.35. The Bertz CT molecular complexity index is 288. The molecule has 1 saturated heterocycles. The number of likely N-dealkylation sites (tertiary alicyclic amines) is 1. The predicted molar refractivity (Wildman–Crippen MR) is 58.0 cm³/mol. The van der Waals surface area contributed by atoms with Crippen molar-refractivity contribution in [2.45, 2.75) is 25.8 Å². The molecule has 5 heteroatoms. The van der Waals surface area contributed by atoms with E-state index in [1.54, 1.807) is 4.90 Å². The molecule has 1 rings (SSSR count). The van der Waals surface area contributed by atoms with Gasteiger partial charge in [-0.15, -0.1) is 0 Å². The normalized spacial score (nSPS) is 20.6. The molecule has 0 aliphatic carbocycles. The zero-order chi connectivity index (χ0) is 12.0. The summed E-state index contributed by atoms with van der Waals surface area (Å²) in [4.78, 5) is 23.6. The lowest BCUT2D eigenvalue weighted by atomic mass is 10.2. The van der Waals surface area contributed by atoms with Crippen LogP contribution >= 0.6 is 0 Å². The maximum atomic E-state index is 11.6. The third kappa shape index (κ3) is 3.66. The van der Waals surface area contributed by atoms with Crippen LogP contribution in [0.15, 0.2) is 12.2 Å². The zero-order valence-electron chi connectivity index (χ0n) is 9.39. The number of ether oxygens (including phenoxy) is 1. The molecule has 0 aromatic rings. The summed E-state index contributed by atoms with van der Waals surface area (Å²) >= 11 is 0. The number of amides is 1. The number of carboxylic acid groups (broad SMARTS) is 1. The number of hydrogen-bond acceptors (Lipinski definition) is 3. The first-order chi connectivity index (χ1) is 7.65. The molecule has 0 spiro atoms. The minimum Gasteiger partial charge on any atom is -0.478 e. The van der Waals surface area contributed by atoms with Crippen molar-refractivity contribution in [2.24, 2.45) is 0 Å². The fourth-order valence-electron chi connectivity index (χ4n) is 1.79. The maximum absolute atomic E-state index is 11.6. The molecule has 0 saturated carbocycles. The van der Waals surface area contributed by atoms with E-state index in [-0.39, 0.29) is 11.9 Å². The first-order valence-electron chi connectivity index (χ1n) is 5.44. The maximum Gasteiger partial charge on any atom is 0.328 e. The Labute approximate surface area is 94.7 Å². The highest BCUT2D eigenvalue weighted by Crippen LogP contribution is 2.17. The summed E-state index contributed by atoms with van der Waals surface area (Å²) in [6, 6.07) is 0.0888. The zero-order valence-corrected chi connectivity index (χ0v) is 9.39. The second kappa shape index (κ2) is 6.27. The Balaban J connectivity index is 2.50. The fourth-order valence-corrected chi connectivity index (χ4v) is 1.79. The Kier molecular flexibility index (Phi) is 4.98. The number of aliphatic carboxylic acids is 1. The first kappa shape index (κ1) is 12.7. The summed E-state index contributed by atoms with van der Waals surface area (Å²) in [6.45, 7) is 3.75. The monoisotopic (exact) mass is 227 g/mol. The largest absolute Gasteiger partial charge is 0.478 e. The van der Waals surface area contributed by atoms with Gasteiger partial charge in [0.1, 0.15) is 0 Å². The average Bonchev–Trinajstić information content (AvgIpc) is 2.71. The fraction of sp³-hybridized carbons (Fsp3) is 0.636. The molecular weight excluding hydrogens is 210 g/mol. The highest BCUT2D eigenvalue weighted by Gasteiger charge is 2.27. The molecule has 0 unspecified atom stereocenters. The van der Waals surface area contributed by atoms with Gasteiger partial charge in [0.25, 0.3) is 0 Å². The van der Waals surface area contributed by atoms with Gasteiger partial charge in [-0.3, -0.25) is 4.79 Å². The summed E-state index contributed by atoms with van der Waals surface area (Å²) in [5, 5.41) is 8.43. The van der Waals surface area contributed by atoms with Crippen LogP contribution in [-0.4, -0.2) is 47.7 Å². The topological polar surface area (TPSA) is 66.8 Å². The SMILES string of the molecule is CCOC[C@@H]1CCCN1C(=O)/C=C/C(=O)O. The number of carboxylic acids is 1. The molecule has 16 heavy (non-hydrogen) atoms. The predicted octanol–water partition coefficient (Wildman–Crippen LogP) is 0.655. The minimum atomic E-state index is -1.10. The van der Waals surface area contributed by atoms with Crippen LogP contribution in [0.25, 0.3) is 0 Å². The number of rotatable bonds is 5. The van der Waals surface area contributed by atoms with Gasteiger partial charge in [0, 0.05) is 25.3 Å². The number of hydrogen-bond donors (Lipinski definition) is 1. The van der Waals surface area contributed by atoms with E-state index in [0.717, 1.165) is 25.0 Å². The number of nitrogens with zero attached hydrogens (tertiary/aromatic N) is 1.